The maximum atomic E-state index is 15.1. The molecule has 2 fully saturated rings. The molecule has 36 heavy (non-hydrogen) atoms. The molecule has 1 aromatic carbocycles. The summed E-state index contributed by atoms with van der Waals surface area (Å²) >= 11 is 6.26. The van der Waals surface area contributed by atoms with E-state index < -0.39 is 5.82 Å². The van der Waals surface area contributed by atoms with Crippen molar-refractivity contribution < 1.29 is 23.4 Å². The molecule has 5 rings (SSSR count). The zero-order valence-electron chi connectivity index (χ0n) is 19.5. The summed E-state index contributed by atoms with van der Waals surface area (Å²) in [6.07, 6.45) is 4.05. The highest BCUT2D eigenvalue weighted by atomic mass is 35.5. The molecule has 0 radical (unpaired) electrons. The summed E-state index contributed by atoms with van der Waals surface area (Å²) in [6.45, 7) is 6.32. The van der Waals surface area contributed by atoms with Crippen LogP contribution in [0.5, 0.6) is 11.6 Å². The van der Waals surface area contributed by atoms with Gasteiger partial charge in [0.1, 0.15) is 28.7 Å². The molecule has 4 heterocycles. The quantitative estimate of drug-likeness (QED) is 0.449. The molecule has 2 aromatic heterocycles. The molecule has 1 amide bonds. The predicted octanol–water partition coefficient (Wildman–Crippen LogP) is 4.14. The molecule has 0 bridgehead atoms. The minimum absolute atomic E-state index is 0.117. The van der Waals surface area contributed by atoms with Crippen LogP contribution >= 0.6 is 11.6 Å². The van der Waals surface area contributed by atoms with Crippen LogP contribution in [0.2, 0.25) is 5.02 Å². The Balaban J connectivity index is 1.32. The number of anilines is 2. The molecule has 2 aliphatic heterocycles. The van der Waals surface area contributed by atoms with Gasteiger partial charge in [0.25, 0.3) is 0 Å². The largest absolute Gasteiger partial charge is 0.492 e. The maximum Gasteiger partial charge on any atom is 0.246 e. The van der Waals surface area contributed by atoms with Gasteiger partial charge in [0.15, 0.2) is 11.6 Å². The lowest BCUT2D eigenvalue weighted by Crippen LogP contribution is -2.29. The highest BCUT2D eigenvalue weighted by Crippen LogP contribution is 2.35. The fraction of sp³-hybridized carbons (Fsp3) is 0.360. The normalized spacial score (nSPS) is 19.4. The fourth-order valence-corrected chi connectivity index (χ4v) is 4.41. The maximum absolute atomic E-state index is 15.1. The summed E-state index contributed by atoms with van der Waals surface area (Å²) in [7, 11) is 0. The number of nitrogens with one attached hydrogen (secondary N) is 1. The minimum atomic E-state index is -0.658. The fourth-order valence-electron chi connectivity index (χ4n) is 4.19. The van der Waals surface area contributed by atoms with Gasteiger partial charge >= 0.3 is 0 Å². The standard InChI is InChI=1S/C25H25ClFN5O4/c1-2-21(33)32-9-7-16(11-32)36-20-6-4-18-24(31-20)25(29-14-28-18)30-17-3-5-19(22(26)23(17)27)35-13-15-8-10-34-12-15/h2-6,14-16H,1,7-13H2,(H,28,29,30)/t15-,16-/m0/s1. The van der Waals surface area contributed by atoms with Gasteiger partial charge in [0, 0.05) is 31.6 Å². The Hall–Kier alpha value is -3.50. The minimum Gasteiger partial charge on any atom is -0.492 e. The number of rotatable bonds is 8. The van der Waals surface area contributed by atoms with Crippen LogP contribution in [0.3, 0.4) is 0 Å². The first-order valence-electron chi connectivity index (χ1n) is 11.7. The van der Waals surface area contributed by atoms with Gasteiger partial charge < -0.3 is 24.4 Å². The van der Waals surface area contributed by atoms with Crippen molar-refractivity contribution in [3.63, 3.8) is 0 Å². The van der Waals surface area contributed by atoms with Crippen molar-refractivity contribution in [1.82, 2.24) is 19.9 Å². The molecule has 11 heteroatoms. The first kappa shape index (κ1) is 24.2. The van der Waals surface area contributed by atoms with Crippen LogP contribution in [0, 0.1) is 11.7 Å². The number of carbonyl (C=O) groups is 1. The number of amides is 1. The van der Waals surface area contributed by atoms with Crippen molar-refractivity contribution >= 4 is 40.0 Å². The summed E-state index contributed by atoms with van der Waals surface area (Å²) in [5, 5.41) is 2.85. The van der Waals surface area contributed by atoms with Gasteiger partial charge in [-0.3, -0.25) is 4.79 Å². The third-order valence-electron chi connectivity index (χ3n) is 6.17. The molecule has 9 nitrogen and oxygen atoms in total. The Morgan fingerprint density at radius 1 is 1.31 bits per heavy atom. The number of pyridine rings is 1. The van der Waals surface area contributed by atoms with E-state index in [9.17, 15) is 4.79 Å². The van der Waals surface area contributed by atoms with Crippen molar-refractivity contribution in [3.05, 3.63) is 54.1 Å². The van der Waals surface area contributed by atoms with E-state index in [0.29, 0.717) is 62.1 Å². The number of aromatic nitrogens is 3. The van der Waals surface area contributed by atoms with Gasteiger partial charge in [-0.2, -0.15) is 0 Å². The van der Waals surface area contributed by atoms with E-state index in [-0.39, 0.29) is 34.4 Å². The van der Waals surface area contributed by atoms with E-state index in [1.807, 2.05) is 0 Å². The second-order valence-corrected chi connectivity index (χ2v) is 9.04. The lowest BCUT2D eigenvalue weighted by molar-refractivity contribution is -0.125. The van der Waals surface area contributed by atoms with Crippen LogP contribution in [0.4, 0.5) is 15.9 Å². The third kappa shape index (κ3) is 5.19. The Morgan fingerprint density at radius 2 is 2.19 bits per heavy atom. The van der Waals surface area contributed by atoms with Crippen LogP contribution in [0.1, 0.15) is 12.8 Å². The van der Waals surface area contributed by atoms with Crippen molar-refractivity contribution in [2.24, 2.45) is 5.92 Å². The topological polar surface area (TPSA) is 98.7 Å². The second kappa shape index (κ2) is 10.6. The Bertz CT molecular complexity index is 1290. The number of likely N-dealkylation sites (tertiary alicyclic amines) is 1. The van der Waals surface area contributed by atoms with Crippen molar-refractivity contribution in [2.45, 2.75) is 18.9 Å². The molecular formula is C25H25ClFN5O4. The van der Waals surface area contributed by atoms with Crippen LogP contribution in [-0.4, -0.2) is 64.8 Å². The van der Waals surface area contributed by atoms with Crippen LogP contribution in [0.25, 0.3) is 11.0 Å². The molecule has 188 valence electrons. The molecule has 2 saturated heterocycles. The number of fused-ring (bicyclic) bond motifs is 1. The van der Waals surface area contributed by atoms with Gasteiger partial charge in [-0.25, -0.2) is 19.3 Å². The summed E-state index contributed by atoms with van der Waals surface area (Å²) < 4.78 is 32.2. The van der Waals surface area contributed by atoms with E-state index >= 15 is 4.39 Å². The summed E-state index contributed by atoms with van der Waals surface area (Å²) in [6, 6.07) is 6.61. The van der Waals surface area contributed by atoms with Gasteiger partial charge in [-0.15, -0.1) is 0 Å². The number of hydrogen-bond donors (Lipinski definition) is 1. The SMILES string of the molecule is C=CC(=O)N1CC[C@H](Oc2ccc3ncnc(Nc4ccc(OC[C@H]5CCOC5)c(Cl)c4F)c3n2)C1. The number of carbonyl (C=O) groups excluding carboxylic acids is 1. The lowest BCUT2D eigenvalue weighted by Gasteiger charge is -2.16. The van der Waals surface area contributed by atoms with Gasteiger partial charge in [0.2, 0.25) is 11.8 Å². The number of halogens is 2. The van der Waals surface area contributed by atoms with Gasteiger partial charge in [-0.1, -0.05) is 18.2 Å². The molecule has 0 spiro atoms. The zero-order chi connectivity index (χ0) is 25.1. The van der Waals surface area contributed by atoms with Crippen LogP contribution < -0.4 is 14.8 Å². The lowest BCUT2D eigenvalue weighted by atomic mass is 10.1. The highest BCUT2D eigenvalue weighted by Gasteiger charge is 2.27. The van der Waals surface area contributed by atoms with E-state index in [1.165, 1.54) is 12.4 Å². The van der Waals surface area contributed by atoms with E-state index in [0.717, 1.165) is 6.42 Å². The molecule has 0 saturated carbocycles. The van der Waals surface area contributed by atoms with E-state index in [1.54, 1.807) is 29.2 Å². The molecular weight excluding hydrogens is 489 g/mol. The number of benzene rings is 1. The Kier molecular flexibility index (Phi) is 7.15. The average Bonchev–Trinajstić information content (AvgIpc) is 3.59. The summed E-state index contributed by atoms with van der Waals surface area (Å²) in [5.74, 6) is 0.412. The molecule has 0 unspecified atom stereocenters. The predicted molar refractivity (Wildman–Crippen MR) is 132 cm³/mol. The zero-order valence-corrected chi connectivity index (χ0v) is 20.2. The van der Waals surface area contributed by atoms with Crippen LogP contribution in [0.15, 0.2) is 43.2 Å². The molecule has 2 aliphatic rings. The number of nitrogens with zero attached hydrogens (tertiary/aromatic N) is 4. The number of hydrogen-bond acceptors (Lipinski definition) is 8. The smallest absolute Gasteiger partial charge is 0.246 e. The first-order chi connectivity index (χ1) is 17.5. The summed E-state index contributed by atoms with van der Waals surface area (Å²) in [4.78, 5) is 26.5. The van der Waals surface area contributed by atoms with Crippen molar-refractivity contribution in [1.29, 1.82) is 0 Å². The van der Waals surface area contributed by atoms with E-state index in [4.69, 9.17) is 25.8 Å². The second-order valence-electron chi connectivity index (χ2n) is 8.66. The third-order valence-corrected chi connectivity index (χ3v) is 6.53. The molecule has 0 aliphatic carbocycles. The number of ether oxygens (including phenoxy) is 3. The average molecular weight is 514 g/mol. The van der Waals surface area contributed by atoms with Crippen LogP contribution in [-0.2, 0) is 9.53 Å². The van der Waals surface area contributed by atoms with Gasteiger partial charge in [-0.05, 0) is 30.7 Å². The van der Waals surface area contributed by atoms with Crippen molar-refractivity contribution in [2.75, 3.05) is 38.2 Å². The Morgan fingerprint density at radius 3 is 3.00 bits per heavy atom. The van der Waals surface area contributed by atoms with Gasteiger partial charge in [0.05, 0.1) is 31.0 Å². The van der Waals surface area contributed by atoms with Crippen molar-refractivity contribution in [3.8, 4) is 11.6 Å². The first-order valence-corrected chi connectivity index (χ1v) is 12.0. The van der Waals surface area contributed by atoms with E-state index in [2.05, 4.69) is 26.8 Å². The monoisotopic (exact) mass is 513 g/mol. The Labute approximate surface area is 212 Å². The summed E-state index contributed by atoms with van der Waals surface area (Å²) in [5.41, 5.74) is 1.09. The molecule has 3 aromatic rings. The molecule has 1 N–H and O–H groups in total. The molecule has 2 atom stereocenters. The highest BCUT2D eigenvalue weighted by molar-refractivity contribution is 6.32.